The van der Waals surface area contributed by atoms with Crippen molar-refractivity contribution in [2.45, 2.75) is 12.3 Å². The van der Waals surface area contributed by atoms with E-state index in [1.165, 1.54) is 6.07 Å². The van der Waals surface area contributed by atoms with Crippen LogP contribution in [0.1, 0.15) is 17.9 Å². The predicted molar refractivity (Wildman–Crippen MR) is 51.6 cm³/mol. The van der Waals surface area contributed by atoms with Crippen LogP contribution in [0.5, 0.6) is 0 Å². The van der Waals surface area contributed by atoms with E-state index in [2.05, 4.69) is 5.32 Å². The molecule has 0 aliphatic carbocycles. The van der Waals surface area contributed by atoms with Crippen LogP contribution in [-0.4, -0.2) is 13.1 Å². The second-order valence-electron chi connectivity index (χ2n) is 3.36. The first-order valence-corrected chi connectivity index (χ1v) is 4.81. The molecule has 1 atom stereocenters. The molecule has 1 aromatic rings. The number of rotatable bonds is 1. The molecule has 1 fully saturated rings. The lowest BCUT2D eigenvalue weighted by molar-refractivity contribution is 0.621. The molecular formula is C10H11ClFN. The van der Waals surface area contributed by atoms with Gasteiger partial charge in [0.05, 0.1) is 0 Å². The summed E-state index contributed by atoms with van der Waals surface area (Å²) in [6.45, 7) is 1.90. The van der Waals surface area contributed by atoms with E-state index in [1.807, 2.05) is 0 Å². The van der Waals surface area contributed by atoms with E-state index in [9.17, 15) is 4.39 Å². The molecule has 1 N–H and O–H groups in total. The van der Waals surface area contributed by atoms with Gasteiger partial charge in [-0.15, -0.1) is 0 Å². The van der Waals surface area contributed by atoms with E-state index in [0.29, 0.717) is 10.9 Å². The summed E-state index contributed by atoms with van der Waals surface area (Å²) < 4.78 is 12.9. The summed E-state index contributed by atoms with van der Waals surface area (Å²) in [6, 6.07) is 4.57. The summed E-state index contributed by atoms with van der Waals surface area (Å²) in [5.74, 6) is 0.175. The van der Waals surface area contributed by atoms with Crippen LogP contribution in [0.2, 0.25) is 5.02 Å². The zero-order valence-electron chi connectivity index (χ0n) is 7.19. The molecule has 0 saturated carbocycles. The maximum atomic E-state index is 12.9. The maximum Gasteiger partial charge on any atom is 0.123 e. The number of hydrogen-bond acceptors (Lipinski definition) is 1. The predicted octanol–water partition coefficient (Wildman–Crippen LogP) is 2.56. The van der Waals surface area contributed by atoms with Crippen LogP contribution in [0, 0.1) is 5.82 Å². The van der Waals surface area contributed by atoms with Crippen molar-refractivity contribution in [2.24, 2.45) is 0 Å². The van der Waals surface area contributed by atoms with Gasteiger partial charge in [0.2, 0.25) is 0 Å². The van der Waals surface area contributed by atoms with Crippen molar-refractivity contribution in [3.8, 4) is 0 Å². The largest absolute Gasteiger partial charge is 0.316 e. The number of nitrogens with one attached hydrogen (secondary N) is 1. The Morgan fingerprint density at radius 1 is 1.46 bits per heavy atom. The van der Waals surface area contributed by atoms with E-state index in [4.69, 9.17) is 11.6 Å². The molecule has 1 nitrogen and oxygen atoms in total. The van der Waals surface area contributed by atoms with Crippen LogP contribution in [0.25, 0.3) is 0 Å². The third kappa shape index (κ3) is 1.84. The van der Waals surface area contributed by atoms with Gasteiger partial charge < -0.3 is 5.32 Å². The molecule has 1 unspecified atom stereocenters. The van der Waals surface area contributed by atoms with Crippen molar-refractivity contribution in [1.82, 2.24) is 5.32 Å². The first-order valence-electron chi connectivity index (χ1n) is 4.43. The van der Waals surface area contributed by atoms with E-state index in [0.717, 1.165) is 25.1 Å². The molecule has 1 aliphatic rings. The van der Waals surface area contributed by atoms with Gasteiger partial charge in [-0.05, 0) is 42.6 Å². The average molecular weight is 200 g/mol. The Kier molecular flexibility index (Phi) is 2.51. The highest BCUT2D eigenvalue weighted by molar-refractivity contribution is 6.31. The van der Waals surface area contributed by atoms with E-state index >= 15 is 0 Å². The zero-order valence-corrected chi connectivity index (χ0v) is 7.94. The first kappa shape index (κ1) is 8.97. The first-order chi connectivity index (χ1) is 6.27. The zero-order chi connectivity index (χ0) is 9.26. The lowest BCUT2D eigenvalue weighted by atomic mass is 9.98. The molecule has 70 valence electrons. The van der Waals surface area contributed by atoms with Crippen molar-refractivity contribution in [3.63, 3.8) is 0 Å². The van der Waals surface area contributed by atoms with Gasteiger partial charge in [-0.3, -0.25) is 0 Å². The number of benzene rings is 1. The van der Waals surface area contributed by atoms with E-state index < -0.39 is 0 Å². The fourth-order valence-electron chi connectivity index (χ4n) is 1.75. The Morgan fingerprint density at radius 2 is 2.31 bits per heavy atom. The molecule has 0 radical (unpaired) electrons. The van der Waals surface area contributed by atoms with Gasteiger partial charge in [-0.2, -0.15) is 0 Å². The van der Waals surface area contributed by atoms with Gasteiger partial charge in [0.25, 0.3) is 0 Å². The molecule has 3 heteroatoms. The van der Waals surface area contributed by atoms with Crippen molar-refractivity contribution in [3.05, 3.63) is 34.6 Å². The van der Waals surface area contributed by atoms with Crippen LogP contribution >= 0.6 is 11.6 Å². The molecule has 1 heterocycles. The topological polar surface area (TPSA) is 12.0 Å². The minimum absolute atomic E-state index is 0.202. The van der Waals surface area contributed by atoms with Gasteiger partial charge in [0.1, 0.15) is 5.82 Å². The van der Waals surface area contributed by atoms with Crippen LogP contribution in [0.4, 0.5) is 4.39 Å². The van der Waals surface area contributed by atoms with Gasteiger partial charge in [0.15, 0.2) is 0 Å². The Balaban J connectivity index is 2.32. The Morgan fingerprint density at radius 3 is 3.00 bits per heavy atom. The summed E-state index contributed by atoms with van der Waals surface area (Å²) in [6.07, 6.45) is 1.04. The highest BCUT2D eigenvalue weighted by Crippen LogP contribution is 2.29. The maximum absolute atomic E-state index is 12.9. The molecule has 1 saturated heterocycles. The third-order valence-corrected chi connectivity index (χ3v) is 2.80. The quantitative estimate of drug-likeness (QED) is 0.733. The standard InChI is InChI=1S/C10H11ClFN/c11-10-2-1-8(12)5-9(10)7-3-4-13-6-7/h1-2,5,7,13H,3-4,6H2. The number of halogens is 2. The van der Waals surface area contributed by atoms with Crippen LogP contribution in [-0.2, 0) is 0 Å². The Hall–Kier alpha value is -0.600. The molecule has 1 aromatic carbocycles. The number of hydrogen-bond donors (Lipinski definition) is 1. The smallest absolute Gasteiger partial charge is 0.123 e. The SMILES string of the molecule is Fc1ccc(Cl)c(C2CCNC2)c1. The second-order valence-corrected chi connectivity index (χ2v) is 3.76. The minimum Gasteiger partial charge on any atom is -0.316 e. The summed E-state index contributed by atoms with van der Waals surface area (Å²) >= 11 is 5.98. The fraction of sp³-hybridized carbons (Fsp3) is 0.400. The summed E-state index contributed by atoms with van der Waals surface area (Å²) in [5, 5.41) is 3.91. The van der Waals surface area contributed by atoms with E-state index in [-0.39, 0.29) is 5.82 Å². The average Bonchev–Trinajstić information content (AvgIpc) is 2.61. The monoisotopic (exact) mass is 199 g/mol. The van der Waals surface area contributed by atoms with E-state index in [1.54, 1.807) is 12.1 Å². The van der Waals surface area contributed by atoms with Crippen molar-refractivity contribution in [2.75, 3.05) is 13.1 Å². The van der Waals surface area contributed by atoms with Crippen LogP contribution in [0.3, 0.4) is 0 Å². The van der Waals surface area contributed by atoms with Gasteiger partial charge in [-0.25, -0.2) is 4.39 Å². The summed E-state index contributed by atoms with van der Waals surface area (Å²) in [7, 11) is 0. The lowest BCUT2D eigenvalue weighted by Crippen LogP contribution is -2.08. The highest BCUT2D eigenvalue weighted by Gasteiger charge is 2.19. The molecular weight excluding hydrogens is 189 g/mol. The molecule has 1 aliphatic heterocycles. The van der Waals surface area contributed by atoms with Crippen LogP contribution in [0.15, 0.2) is 18.2 Å². The minimum atomic E-state index is -0.202. The van der Waals surface area contributed by atoms with Crippen molar-refractivity contribution in [1.29, 1.82) is 0 Å². The fourth-order valence-corrected chi connectivity index (χ4v) is 2.02. The van der Waals surface area contributed by atoms with Gasteiger partial charge in [0, 0.05) is 11.6 Å². The second kappa shape index (κ2) is 3.64. The molecule has 2 rings (SSSR count). The molecule has 0 spiro atoms. The molecule has 13 heavy (non-hydrogen) atoms. The summed E-state index contributed by atoms with van der Waals surface area (Å²) in [5.41, 5.74) is 0.937. The lowest BCUT2D eigenvalue weighted by Gasteiger charge is -2.10. The van der Waals surface area contributed by atoms with Crippen molar-refractivity contribution >= 4 is 11.6 Å². The van der Waals surface area contributed by atoms with Crippen LogP contribution < -0.4 is 5.32 Å². The molecule has 0 aromatic heterocycles. The molecule has 0 amide bonds. The highest BCUT2D eigenvalue weighted by atomic mass is 35.5. The third-order valence-electron chi connectivity index (χ3n) is 2.46. The Labute approximate surface area is 81.9 Å². The van der Waals surface area contributed by atoms with Gasteiger partial charge >= 0.3 is 0 Å². The summed E-state index contributed by atoms with van der Waals surface area (Å²) in [4.78, 5) is 0. The van der Waals surface area contributed by atoms with Gasteiger partial charge in [-0.1, -0.05) is 11.6 Å². The molecule has 0 bridgehead atoms. The van der Waals surface area contributed by atoms with Crippen molar-refractivity contribution < 1.29 is 4.39 Å². The Bertz CT molecular complexity index is 308. The normalized spacial score (nSPS) is 22.2.